The van der Waals surface area contributed by atoms with Crippen LogP contribution in [0.4, 0.5) is 0 Å². The Bertz CT molecular complexity index is 532. The van der Waals surface area contributed by atoms with E-state index < -0.39 is 10.8 Å². The Morgan fingerprint density at radius 2 is 2.21 bits per heavy atom. The van der Waals surface area contributed by atoms with Crippen LogP contribution in [-0.4, -0.2) is 34.2 Å². The molecule has 1 amide bonds. The number of hydrogen-bond donors (Lipinski definition) is 2. The molecule has 4 nitrogen and oxygen atoms in total. The average molecular weight is 296 g/mol. The molecule has 0 aliphatic carbocycles. The standard InChI is InChI=1S/C13H16N2O2S2/c14-7-1-2-11-3-4-12(18-11)13(16)15-10-5-8-19(17)9-6-10/h3-4,10H,5-9,14H2,(H,15,16). The third-order valence-corrected chi connectivity index (χ3v) is 5.25. The van der Waals surface area contributed by atoms with Crippen LogP contribution in [0.5, 0.6) is 0 Å². The average Bonchev–Trinajstić information content (AvgIpc) is 2.88. The van der Waals surface area contributed by atoms with Gasteiger partial charge in [-0.1, -0.05) is 11.8 Å². The van der Waals surface area contributed by atoms with Crippen LogP contribution in [0, 0.1) is 11.8 Å². The third-order valence-electron chi connectivity index (χ3n) is 2.87. The first-order valence-electron chi connectivity index (χ1n) is 6.13. The first-order valence-corrected chi connectivity index (χ1v) is 8.44. The fraction of sp³-hybridized carbons (Fsp3) is 0.462. The van der Waals surface area contributed by atoms with E-state index in [0.717, 1.165) is 17.7 Å². The monoisotopic (exact) mass is 296 g/mol. The second-order valence-corrected chi connectivity index (χ2v) is 7.05. The molecule has 1 fully saturated rings. The Balaban J connectivity index is 1.92. The highest BCUT2D eigenvalue weighted by Gasteiger charge is 2.20. The summed E-state index contributed by atoms with van der Waals surface area (Å²) in [6, 6.07) is 3.76. The molecule has 0 radical (unpaired) electrons. The molecule has 0 unspecified atom stereocenters. The lowest BCUT2D eigenvalue weighted by atomic mass is 10.1. The van der Waals surface area contributed by atoms with E-state index in [9.17, 15) is 9.00 Å². The summed E-state index contributed by atoms with van der Waals surface area (Å²) >= 11 is 1.37. The number of nitrogens with one attached hydrogen (secondary N) is 1. The zero-order chi connectivity index (χ0) is 13.7. The van der Waals surface area contributed by atoms with Gasteiger partial charge in [0.05, 0.1) is 16.3 Å². The fourth-order valence-corrected chi connectivity index (χ4v) is 3.94. The molecule has 1 aromatic rings. The van der Waals surface area contributed by atoms with Gasteiger partial charge in [-0.05, 0) is 25.0 Å². The topological polar surface area (TPSA) is 72.2 Å². The Labute approximate surface area is 119 Å². The summed E-state index contributed by atoms with van der Waals surface area (Å²) in [6.07, 6.45) is 1.59. The zero-order valence-electron chi connectivity index (χ0n) is 10.5. The van der Waals surface area contributed by atoms with Crippen molar-refractivity contribution in [3.63, 3.8) is 0 Å². The van der Waals surface area contributed by atoms with Crippen LogP contribution in [0.2, 0.25) is 0 Å². The van der Waals surface area contributed by atoms with Crippen LogP contribution >= 0.6 is 11.3 Å². The minimum absolute atomic E-state index is 0.0662. The van der Waals surface area contributed by atoms with Crippen molar-refractivity contribution in [2.75, 3.05) is 18.1 Å². The third kappa shape index (κ3) is 4.16. The highest BCUT2D eigenvalue weighted by molar-refractivity contribution is 7.85. The van der Waals surface area contributed by atoms with Crippen LogP contribution in [0.25, 0.3) is 0 Å². The molecule has 1 aliphatic rings. The number of rotatable bonds is 2. The minimum atomic E-state index is -0.699. The largest absolute Gasteiger partial charge is 0.349 e. The Kier molecular flexibility index (Phi) is 5.14. The van der Waals surface area contributed by atoms with Gasteiger partial charge in [0.25, 0.3) is 5.91 Å². The van der Waals surface area contributed by atoms with E-state index in [1.54, 1.807) is 6.07 Å². The van der Waals surface area contributed by atoms with Gasteiger partial charge < -0.3 is 11.1 Å². The van der Waals surface area contributed by atoms with Gasteiger partial charge in [-0.2, -0.15) is 0 Å². The van der Waals surface area contributed by atoms with Gasteiger partial charge in [0.1, 0.15) is 0 Å². The van der Waals surface area contributed by atoms with Crippen molar-refractivity contribution < 1.29 is 9.00 Å². The van der Waals surface area contributed by atoms with Gasteiger partial charge >= 0.3 is 0 Å². The summed E-state index contributed by atoms with van der Waals surface area (Å²) in [5.74, 6) is 6.98. The van der Waals surface area contributed by atoms with Crippen LogP contribution in [0.15, 0.2) is 12.1 Å². The molecule has 0 atom stereocenters. The molecule has 102 valence electrons. The molecular weight excluding hydrogens is 280 g/mol. The smallest absolute Gasteiger partial charge is 0.261 e. The van der Waals surface area contributed by atoms with E-state index in [1.165, 1.54) is 11.3 Å². The molecular formula is C13H16N2O2S2. The second-order valence-electron chi connectivity index (χ2n) is 4.27. The lowest BCUT2D eigenvalue weighted by Gasteiger charge is -2.22. The molecule has 0 bridgehead atoms. The lowest BCUT2D eigenvalue weighted by molar-refractivity contribution is 0.0938. The molecule has 1 aromatic heterocycles. The predicted molar refractivity (Wildman–Crippen MR) is 78.6 cm³/mol. The maximum atomic E-state index is 12.0. The number of nitrogens with two attached hydrogens (primary N) is 1. The van der Waals surface area contributed by atoms with Crippen LogP contribution < -0.4 is 11.1 Å². The molecule has 2 heterocycles. The number of amides is 1. The van der Waals surface area contributed by atoms with Crippen molar-refractivity contribution in [2.45, 2.75) is 18.9 Å². The van der Waals surface area contributed by atoms with Gasteiger partial charge in [-0.3, -0.25) is 9.00 Å². The van der Waals surface area contributed by atoms with Gasteiger partial charge in [0, 0.05) is 28.3 Å². The SMILES string of the molecule is NCC#Cc1ccc(C(=O)NC2CCS(=O)CC2)s1. The maximum absolute atomic E-state index is 12.0. The van der Waals surface area contributed by atoms with E-state index >= 15 is 0 Å². The molecule has 0 spiro atoms. The van der Waals surface area contributed by atoms with Crippen LogP contribution in [0.1, 0.15) is 27.4 Å². The maximum Gasteiger partial charge on any atom is 0.261 e. The van der Waals surface area contributed by atoms with E-state index in [4.69, 9.17) is 5.73 Å². The molecule has 6 heteroatoms. The fourth-order valence-electron chi connectivity index (χ4n) is 1.86. The first kappa shape index (κ1) is 14.3. The normalized spacial score (nSPS) is 22.4. The van der Waals surface area contributed by atoms with Gasteiger partial charge in [0.15, 0.2) is 0 Å². The van der Waals surface area contributed by atoms with E-state index in [1.807, 2.05) is 6.07 Å². The molecule has 3 N–H and O–H groups in total. The lowest BCUT2D eigenvalue weighted by Crippen LogP contribution is -2.39. The molecule has 0 aromatic carbocycles. The summed E-state index contributed by atoms with van der Waals surface area (Å²) in [4.78, 5) is 13.5. The molecule has 19 heavy (non-hydrogen) atoms. The van der Waals surface area contributed by atoms with Crippen molar-refractivity contribution in [1.29, 1.82) is 0 Å². The highest BCUT2D eigenvalue weighted by Crippen LogP contribution is 2.16. The van der Waals surface area contributed by atoms with Crippen LogP contribution in [-0.2, 0) is 10.8 Å². The van der Waals surface area contributed by atoms with E-state index in [-0.39, 0.29) is 11.9 Å². The summed E-state index contributed by atoms with van der Waals surface area (Å²) in [7, 11) is -0.699. The van der Waals surface area contributed by atoms with E-state index in [2.05, 4.69) is 17.2 Å². The quantitative estimate of drug-likeness (QED) is 0.789. The van der Waals surface area contributed by atoms with Crippen LogP contribution in [0.3, 0.4) is 0 Å². The Hall–Kier alpha value is -1.16. The Morgan fingerprint density at radius 1 is 1.47 bits per heavy atom. The van der Waals surface area contributed by atoms with E-state index in [0.29, 0.717) is 22.9 Å². The minimum Gasteiger partial charge on any atom is -0.349 e. The first-order chi connectivity index (χ1) is 9.19. The van der Waals surface area contributed by atoms with Crippen molar-refractivity contribution in [3.8, 4) is 11.8 Å². The number of thiophene rings is 1. The van der Waals surface area contributed by atoms with Crippen molar-refractivity contribution in [1.82, 2.24) is 5.32 Å². The summed E-state index contributed by atoms with van der Waals surface area (Å²) in [6.45, 7) is 0.318. The molecule has 1 aliphatic heterocycles. The molecule has 2 rings (SSSR count). The summed E-state index contributed by atoms with van der Waals surface area (Å²) < 4.78 is 11.2. The van der Waals surface area contributed by atoms with Gasteiger partial charge in [0.2, 0.25) is 0 Å². The zero-order valence-corrected chi connectivity index (χ0v) is 12.1. The predicted octanol–water partition coefficient (Wildman–Crippen LogP) is 0.699. The van der Waals surface area contributed by atoms with Gasteiger partial charge in [-0.15, -0.1) is 11.3 Å². The highest BCUT2D eigenvalue weighted by atomic mass is 32.2. The van der Waals surface area contributed by atoms with Gasteiger partial charge in [-0.25, -0.2) is 0 Å². The molecule has 0 saturated carbocycles. The number of carbonyl (C=O) groups is 1. The van der Waals surface area contributed by atoms with Crippen molar-refractivity contribution in [2.24, 2.45) is 5.73 Å². The van der Waals surface area contributed by atoms with Crippen molar-refractivity contribution >= 4 is 28.0 Å². The summed E-state index contributed by atoms with van der Waals surface area (Å²) in [5, 5.41) is 2.99. The second kappa shape index (κ2) is 6.85. The van der Waals surface area contributed by atoms with Crippen molar-refractivity contribution in [3.05, 3.63) is 21.9 Å². The number of hydrogen-bond acceptors (Lipinski definition) is 4. The Morgan fingerprint density at radius 3 is 2.89 bits per heavy atom. The summed E-state index contributed by atoms with van der Waals surface area (Å²) in [5.41, 5.74) is 5.30. The number of carbonyl (C=O) groups excluding carboxylic acids is 1. The molecule has 1 saturated heterocycles.